The molecule has 0 aromatic rings. The average molecular weight is 260 g/mol. The van der Waals surface area contributed by atoms with Crippen molar-refractivity contribution < 1.29 is 28.5 Å². The highest BCUT2D eigenvalue weighted by Crippen LogP contribution is 2.05. The van der Waals surface area contributed by atoms with Crippen LogP contribution in [0.15, 0.2) is 0 Å². The zero-order valence-corrected chi connectivity index (χ0v) is 10.8. The van der Waals surface area contributed by atoms with E-state index in [2.05, 4.69) is 0 Å². The van der Waals surface area contributed by atoms with E-state index in [0.717, 1.165) is 6.42 Å². The number of hydrogen-bond acceptors (Lipinski definition) is 6. The molecule has 0 bridgehead atoms. The molecule has 0 saturated carbocycles. The molecule has 104 valence electrons. The van der Waals surface area contributed by atoms with Gasteiger partial charge in [0.25, 0.3) is 0 Å². The summed E-state index contributed by atoms with van der Waals surface area (Å²) in [5.41, 5.74) is 0. The number of carbonyl (C=O) groups excluding carboxylic acids is 2. The van der Waals surface area contributed by atoms with Crippen molar-refractivity contribution in [3.05, 3.63) is 0 Å². The van der Waals surface area contributed by atoms with Crippen molar-refractivity contribution in [1.29, 1.82) is 0 Å². The van der Waals surface area contributed by atoms with Gasteiger partial charge in [0.05, 0.1) is 12.5 Å². The Morgan fingerprint density at radius 2 is 2.17 bits per heavy atom. The molecule has 0 aromatic carbocycles. The fourth-order valence-corrected chi connectivity index (χ4v) is 1.29. The first kappa shape index (κ1) is 14.9. The van der Waals surface area contributed by atoms with Crippen LogP contribution >= 0.6 is 0 Å². The van der Waals surface area contributed by atoms with E-state index in [1.54, 1.807) is 6.92 Å². The third-order valence-electron chi connectivity index (χ3n) is 2.60. The van der Waals surface area contributed by atoms with Gasteiger partial charge in [0.2, 0.25) is 6.29 Å². The lowest BCUT2D eigenvalue weighted by Gasteiger charge is -2.15. The highest BCUT2D eigenvalue weighted by atomic mass is 16.7. The zero-order valence-electron chi connectivity index (χ0n) is 10.8. The van der Waals surface area contributed by atoms with Gasteiger partial charge >= 0.3 is 11.9 Å². The fourth-order valence-electron chi connectivity index (χ4n) is 1.29. The summed E-state index contributed by atoms with van der Waals surface area (Å²) in [6.45, 7) is 4.53. The maximum absolute atomic E-state index is 11.4. The summed E-state index contributed by atoms with van der Waals surface area (Å²) in [5.74, 6) is -1.23. The third-order valence-corrected chi connectivity index (χ3v) is 2.60. The van der Waals surface area contributed by atoms with Crippen LogP contribution in [0.1, 0.15) is 26.7 Å². The van der Waals surface area contributed by atoms with E-state index >= 15 is 0 Å². The first-order valence-corrected chi connectivity index (χ1v) is 6.19. The Hall–Kier alpha value is -1.14. The molecule has 0 radical (unpaired) electrons. The van der Waals surface area contributed by atoms with Gasteiger partial charge in [-0.25, -0.2) is 4.79 Å². The lowest BCUT2D eigenvalue weighted by Crippen LogP contribution is -2.28. The smallest absolute Gasteiger partial charge is 0.346 e. The van der Waals surface area contributed by atoms with Gasteiger partial charge in [-0.1, -0.05) is 13.8 Å². The minimum atomic E-state index is -0.706. The lowest BCUT2D eigenvalue weighted by molar-refractivity contribution is -0.190. The first-order valence-electron chi connectivity index (χ1n) is 6.19. The molecule has 1 fully saturated rings. The Kier molecular flexibility index (Phi) is 6.67. The summed E-state index contributed by atoms with van der Waals surface area (Å²) in [5, 5.41) is 0. The molecule has 0 spiro atoms. The van der Waals surface area contributed by atoms with Crippen molar-refractivity contribution >= 4 is 11.9 Å². The van der Waals surface area contributed by atoms with Crippen LogP contribution in [-0.2, 0) is 28.5 Å². The van der Waals surface area contributed by atoms with Crippen molar-refractivity contribution in [3.63, 3.8) is 0 Å². The van der Waals surface area contributed by atoms with Crippen LogP contribution in [0.25, 0.3) is 0 Å². The quantitative estimate of drug-likeness (QED) is 0.683. The molecular formula is C12H20O6. The maximum atomic E-state index is 11.4. The molecule has 2 atom stereocenters. The second kappa shape index (κ2) is 8.05. The first-order chi connectivity index (χ1) is 8.63. The molecule has 2 unspecified atom stereocenters. The highest BCUT2D eigenvalue weighted by Gasteiger charge is 2.19. The molecule has 0 aliphatic carbocycles. The molecule has 0 aromatic heterocycles. The Balaban J connectivity index is 2.22. The fraction of sp³-hybridized carbons (Fsp3) is 0.833. The third kappa shape index (κ3) is 5.46. The molecule has 6 nitrogen and oxygen atoms in total. The van der Waals surface area contributed by atoms with E-state index in [9.17, 15) is 9.59 Å². The molecule has 0 amide bonds. The minimum Gasteiger partial charge on any atom is -0.453 e. The Morgan fingerprint density at radius 1 is 1.39 bits per heavy atom. The molecular weight excluding hydrogens is 240 g/mol. The van der Waals surface area contributed by atoms with Gasteiger partial charge in [0.1, 0.15) is 6.61 Å². The van der Waals surface area contributed by atoms with Gasteiger partial charge in [-0.15, -0.1) is 0 Å². The van der Waals surface area contributed by atoms with E-state index in [0.29, 0.717) is 19.6 Å². The number of esters is 2. The van der Waals surface area contributed by atoms with Crippen molar-refractivity contribution in [3.8, 4) is 0 Å². The van der Waals surface area contributed by atoms with E-state index in [-0.39, 0.29) is 19.1 Å². The highest BCUT2D eigenvalue weighted by molar-refractivity contribution is 5.77. The number of ether oxygens (including phenoxy) is 4. The second-order valence-electron chi connectivity index (χ2n) is 4.14. The van der Waals surface area contributed by atoms with Crippen molar-refractivity contribution in [2.45, 2.75) is 33.0 Å². The average Bonchev–Trinajstić information content (AvgIpc) is 2.63. The summed E-state index contributed by atoms with van der Waals surface area (Å²) >= 11 is 0. The van der Waals surface area contributed by atoms with Crippen LogP contribution in [-0.4, -0.2) is 44.7 Å². The number of rotatable bonds is 5. The number of hydrogen-bond donors (Lipinski definition) is 0. The van der Waals surface area contributed by atoms with Gasteiger partial charge in [-0.2, -0.15) is 0 Å². The van der Waals surface area contributed by atoms with Gasteiger partial charge in [-0.3, -0.25) is 4.79 Å². The predicted octanol–water partition coefficient (Wildman–Crippen LogP) is 0.882. The van der Waals surface area contributed by atoms with Crippen LogP contribution in [0.2, 0.25) is 0 Å². The maximum Gasteiger partial charge on any atom is 0.346 e. The summed E-state index contributed by atoms with van der Waals surface area (Å²) in [6, 6.07) is 0. The van der Waals surface area contributed by atoms with Crippen LogP contribution in [0, 0.1) is 5.92 Å². The van der Waals surface area contributed by atoms with Gasteiger partial charge in [0, 0.05) is 6.61 Å². The van der Waals surface area contributed by atoms with Gasteiger partial charge < -0.3 is 18.9 Å². The topological polar surface area (TPSA) is 71.1 Å². The van der Waals surface area contributed by atoms with Crippen LogP contribution in [0.5, 0.6) is 0 Å². The van der Waals surface area contributed by atoms with Crippen LogP contribution < -0.4 is 0 Å². The summed E-state index contributed by atoms with van der Waals surface area (Å²) < 4.78 is 20.2. The SMILES string of the molecule is CCC(C)C(=O)OCC(=O)OC1COCCCO1. The van der Waals surface area contributed by atoms with Crippen LogP contribution in [0.3, 0.4) is 0 Å². The summed E-state index contributed by atoms with van der Waals surface area (Å²) in [4.78, 5) is 22.7. The molecule has 1 rings (SSSR count). The lowest BCUT2D eigenvalue weighted by atomic mass is 10.1. The van der Waals surface area contributed by atoms with E-state index in [1.165, 1.54) is 0 Å². The molecule has 1 saturated heterocycles. The predicted molar refractivity (Wildman–Crippen MR) is 61.7 cm³/mol. The molecule has 6 heteroatoms. The largest absolute Gasteiger partial charge is 0.453 e. The molecule has 1 heterocycles. The van der Waals surface area contributed by atoms with Crippen molar-refractivity contribution in [2.24, 2.45) is 5.92 Å². The number of carbonyl (C=O) groups is 2. The Labute approximate surface area is 107 Å². The minimum absolute atomic E-state index is 0.213. The van der Waals surface area contributed by atoms with E-state index < -0.39 is 18.2 Å². The second-order valence-corrected chi connectivity index (χ2v) is 4.14. The molecule has 1 aliphatic rings. The Morgan fingerprint density at radius 3 is 2.89 bits per heavy atom. The molecule has 18 heavy (non-hydrogen) atoms. The Bertz CT molecular complexity index is 270. The molecule has 0 N–H and O–H groups in total. The van der Waals surface area contributed by atoms with Gasteiger partial charge in [-0.05, 0) is 12.8 Å². The van der Waals surface area contributed by atoms with E-state index in [1.807, 2.05) is 6.92 Å². The van der Waals surface area contributed by atoms with Crippen LogP contribution in [0.4, 0.5) is 0 Å². The van der Waals surface area contributed by atoms with E-state index in [4.69, 9.17) is 18.9 Å². The van der Waals surface area contributed by atoms with Crippen molar-refractivity contribution in [2.75, 3.05) is 26.4 Å². The van der Waals surface area contributed by atoms with Crippen molar-refractivity contribution in [1.82, 2.24) is 0 Å². The van der Waals surface area contributed by atoms with Gasteiger partial charge in [0.15, 0.2) is 6.61 Å². The monoisotopic (exact) mass is 260 g/mol. The zero-order chi connectivity index (χ0) is 13.4. The normalized spacial score (nSPS) is 21.8. The summed E-state index contributed by atoms with van der Waals surface area (Å²) in [6.07, 6.45) is 0.743. The summed E-state index contributed by atoms with van der Waals surface area (Å²) in [7, 11) is 0. The standard InChI is InChI=1S/C12H20O6/c1-3-9(2)12(14)17-7-10(13)18-11-8-15-5-4-6-16-11/h9,11H,3-8H2,1-2H3. The molecule has 1 aliphatic heterocycles.